The molecule has 7 N–H and O–H groups in total. The second-order valence-corrected chi connectivity index (χ2v) is 3.11. The van der Waals surface area contributed by atoms with Crippen molar-refractivity contribution in [3.63, 3.8) is 0 Å². The highest BCUT2D eigenvalue weighted by Crippen LogP contribution is 2.05. The van der Waals surface area contributed by atoms with Gasteiger partial charge in [0.2, 0.25) is 0 Å². The first kappa shape index (κ1) is 11.6. The van der Waals surface area contributed by atoms with Crippen LogP contribution in [-0.4, -0.2) is 5.91 Å². The minimum Gasteiger partial charge on any atom is -0.394 e. The van der Waals surface area contributed by atoms with Gasteiger partial charge in [0.25, 0.3) is 5.91 Å². The third-order valence-electron chi connectivity index (χ3n) is 1.75. The van der Waals surface area contributed by atoms with Gasteiger partial charge < -0.3 is 22.5 Å². The molecule has 0 unspecified atom stereocenters. The van der Waals surface area contributed by atoms with Crippen LogP contribution in [0.5, 0.6) is 0 Å². The van der Waals surface area contributed by atoms with Gasteiger partial charge in [-0.15, -0.1) is 0 Å². The lowest BCUT2D eigenvalue weighted by Gasteiger charge is -2.03. The number of rotatable bonds is 3. The zero-order valence-corrected chi connectivity index (χ0v) is 8.68. The van der Waals surface area contributed by atoms with E-state index in [2.05, 4.69) is 5.32 Å². The maximum atomic E-state index is 11.5. The Bertz CT molecular complexity index is 419. The van der Waals surface area contributed by atoms with Crippen LogP contribution in [-0.2, 0) is 4.79 Å². The molecule has 0 heterocycles. The van der Waals surface area contributed by atoms with Crippen molar-refractivity contribution in [2.24, 2.45) is 17.2 Å². The van der Waals surface area contributed by atoms with Gasteiger partial charge in [-0.1, -0.05) is 18.2 Å². The van der Waals surface area contributed by atoms with E-state index in [1.807, 2.05) is 18.2 Å². The van der Waals surface area contributed by atoms with Crippen molar-refractivity contribution >= 4 is 11.6 Å². The maximum absolute atomic E-state index is 11.5. The van der Waals surface area contributed by atoms with Crippen LogP contribution in [0.4, 0.5) is 5.69 Å². The molecule has 84 valence electrons. The Morgan fingerprint density at radius 3 is 2.25 bits per heavy atom. The molecular formula is C11H14N4O. The second-order valence-electron chi connectivity index (χ2n) is 3.11. The molecule has 1 rings (SSSR count). The molecular weight excluding hydrogens is 204 g/mol. The zero-order chi connectivity index (χ0) is 12.0. The van der Waals surface area contributed by atoms with Gasteiger partial charge in [0.15, 0.2) is 0 Å². The molecule has 0 aliphatic rings. The highest BCUT2D eigenvalue weighted by atomic mass is 16.1. The Morgan fingerprint density at radius 1 is 1.06 bits per heavy atom. The van der Waals surface area contributed by atoms with Crippen molar-refractivity contribution in [2.45, 2.75) is 0 Å². The summed E-state index contributed by atoms with van der Waals surface area (Å²) in [6, 6.07) is 9.00. The number of nitrogens with two attached hydrogens (primary N) is 3. The summed E-state index contributed by atoms with van der Waals surface area (Å²) in [5, 5.41) is 2.62. The third-order valence-corrected chi connectivity index (χ3v) is 1.75. The number of carbonyl (C=O) groups is 1. The highest BCUT2D eigenvalue weighted by molar-refractivity contribution is 6.03. The summed E-state index contributed by atoms with van der Waals surface area (Å²) in [5.74, 6) is -0.306. The minimum absolute atomic E-state index is 0.0391. The molecule has 1 amide bonds. The highest BCUT2D eigenvalue weighted by Gasteiger charge is 2.03. The monoisotopic (exact) mass is 218 g/mol. The van der Waals surface area contributed by atoms with Gasteiger partial charge in [0, 0.05) is 5.69 Å². The van der Waals surface area contributed by atoms with E-state index in [1.54, 1.807) is 12.1 Å². The Balaban J connectivity index is 2.66. The molecule has 16 heavy (non-hydrogen) atoms. The van der Waals surface area contributed by atoms with Crippen LogP contribution >= 0.6 is 0 Å². The number of benzene rings is 1. The van der Waals surface area contributed by atoms with Crippen LogP contribution in [0.15, 0.2) is 54.0 Å². The second kappa shape index (κ2) is 5.45. The fraction of sp³-hybridized carbons (Fsp3) is 0. The molecule has 5 nitrogen and oxygen atoms in total. The molecule has 0 aliphatic carbocycles. The fourth-order valence-electron chi connectivity index (χ4n) is 0.986. The quantitative estimate of drug-likeness (QED) is 0.430. The molecule has 1 aromatic rings. The minimum atomic E-state index is -0.399. The van der Waals surface area contributed by atoms with Crippen molar-refractivity contribution < 1.29 is 4.79 Å². The topological polar surface area (TPSA) is 107 Å². The van der Waals surface area contributed by atoms with Crippen molar-refractivity contribution in [3.8, 4) is 0 Å². The van der Waals surface area contributed by atoms with Crippen LogP contribution in [0, 0.1) is 0 Å². The predicted molar refractivity (Wildman–Crippen MR) is 63.8 cm³/mol. The van der Waals surface area contributed by atoms with Crippen LogP contribution < -0.4 is 22.5 Å². The van der Waals surface area contributed by atoms with Crippen molar-refractivity contribution in [1.29, 1.82) is 0 Å². The van der Waals surface area contributed by atoms with Gasteiger partial charge in [-0.3, -0.25) is 4.79 Å². The van der Waals surface area contributed by atoms with E-state index in [0.29, 0.717) is 5.69 Å². The standard InChI is InChI=1S/C11H14N4O/c12-9(6-7-10(13)14)11(16)15-8-4-2-1-3-5-8/h1-7H,12-14H2,(H,15,16)/b9-6+. The number of hydrogen-bond acceptors (Lipinski definition) is 4. The van der Waals surface area contributed by atoms with E-state index < -0.39 is 5.91 Å². The average molecular weight is 218 g/mol. The number of allylic oxidation sites excluding steroid dienone is 2. The SMILES string of the molecule is NC(N)=C/C=C(/N)C(=O)Nc1ccccc1. The van der Waals surface area contributed by atoms with Gasteiger partial charge in [0.05, 0.1) is 11.5 Å². The number of anilines is 1. The number of hydrogen-bond donors (Lipinski definition) is 4. The van der Waals surface area contributed by atoms with Crippen LogP contribution in [0.2, 0.25) is 0 Å². The third kappa shape index (κ3) is 3.75. The summed E-state index contributed by atoms with van der Waals surface area (Å²) in [6.07, 6.45) is 2.72. The van der Waals surface area contributed by atoms with E-state index in [-0.39, 0.29) is 11.5 Å². The van der Waals surface area contributed by atoms with E-state index in [9.17, 15) is 4.79 Å². The van der Waals surface area contributed by atoms with Crippen molar-refractivity contribution in [3.05, 3.63) is 54.0 Å². The van der Waals surface area contributed by atoms with Crippen LogP contribution in [0.25, 0.3) is 0 Å². The molecule has 0 radical (unpaired) electrons. The lowest BCUT2D eigenvalue weighted by atomic mass is 10.3. The molecule has 1 aromatic carbocycles. The van der Waals surface area contributed by atoms with Crippen molar-refractivity contribution in [2.75, 3.05) is 5.32 Å². The van der Waals surface area contributed by atoms with E-state index >= 15 is 0 Å². The van der Waals surface area contributed by atoms with Gasteiger partial charge in [-0.25, -0.2) is 0 Å². The van der Waals surface area contributed by atoms with Crippen LogP contribution in [0.3, 0.4) is 0 Å². The molecule has 5 heteroatoms. The fourth-order valence-corrected chi connectivity index (χ4v) is 0.986. The average Bonchev–Trinajstić information content (AvgIpc) is 2.27. The van der Waals surface area contributed by atoms with Crippen molar-refractivity contribution in [1.82, 2.24) is 0 Å². The van der Waals surface area contributed by atoms with E-state index in [4.69, 9.17) is 17.2 Å². The molecule has 0 atom stereocenters. The first-order chi connectivity index (χ1) is 7.59. The van der Waals surface area contributed by atoms with Gasteiger partial charge >= 0.3 is 0 Å². The Labute approximate surface area is 93.6 Å². The predicted octanol–water partition coefficient (Wildman–Crippen LogP) is 0.227. The summed E-state index contributed by atoms with van der Waals surface area (Å²) in [6.45, 7) is 0. The van der Waals surface area contributed by atoms with Gasteiger partial charge in [0.1, 0.15) is 0 Å². The molecule has 0 saturated carbocycles. The van der Waals surface area contributed by atoms with E-state index in [1.165, 1.54) is 12.2 Å². The summed E-state index contributed by atoms with van der Waals surface area (Å²) >= 11 is 0. The molecule has 0 fully saturated rings. The first-order valence-electron chi connectivity index (χ1n) is 4.64. The summed E-state index contributed by atoms with van der Waals surface area (Å²) < 4.78 is 0. The summed E-state index contributed by atoms with van der Waals surface area (Å²) in [4.78, 5) is 11.5. The Kier molecular flexibility index (Phi) is 3.97. The van der Waals surface area contributed by atoms with Crippen LogP contribution in [0.1, 0.15) is 0 Å². The van der Waals surface area contributed by atoms with Gasteiger partial charge in [-0.2, -0.15) is 0 Å². The summed E-state index contributed by atoms with van der Waals surface area (Å²) in [5.41, 5.74) is 16.6. The Hall–Kier alpha value is -2.43. The number of amides is 1. The Morgan fingerprint density at radius 2 is 1.69 bits per heavy atom. The number of carbonyl (C=O) groups excluding carboxylic acids is 1. The zero-order valence-electron chi connectivity index (χ0n) is 8.68. The van der Waals surface area contributed by atoms with E-state index in [0.717, 1.165) is 0 Å². The molecule has 0 aromatic heterocycles. The lowest BCUT2D eigenvalue weighted by molar-refractivity contribution is -0.112. The van der Waals surface area contributed by atoms with Gasteiger partial charge in [-0.05, 0) is 24.3 Å². The molecule has 0 spiro atoms. The first-order valence-corrected chi connectivity index (χ1v) is 4.64. The lowest BCUT2D eigenvalue weighted by Crippen LogP contribution is -2.20. The molecule has 0 bridgehead atoms. The normalized spacial score (nSPS) is 10.6. The molecule has 0 aliphatic heterocycles. The number of para-hydroxylation sites is 1. The smallest absolute Gasteiger partial charge is 0.271 e. The number of nitrogens with one attached hydrogen (secondary N) is 1. The summed E-state index contributed by atoms with van der Waals surface area (Å²) in [7, 11) is 0. The molecule has 0 saturated heterocycles. The maximum Gasteiger partial charge on any atom is 0.271 e. The largest absolute Gasteiger partial charge is 0.394 e.